The Morgan fingerprint density at radius 3 is 2.27 bits per heavy atom. The molecular formula is C9H11Br2NO2S. The van der Waals surface area contributed by atoms with Crippen LogP contribution in [-0.4, -0.2) is 31.6 Å². The van der Waals surface area contributed by atoms with Crippen molar-refractivity contribution in [1.29, 1.82) is 0 Å². The van der Waals surface area contributed by atoms with E-state index < -0.39 is 10.0 Å². The Labute approximate surface area is 107 Å². The molecule has 15 heavy (non-hydrogen) atoms. The summed E-state index contributed by atoms with van der Waals surface area (Å²) in [6, 6.07) is 6.61. The maximum atomic E-state index is 11.9. The van der Waals surface area contributed by atoms with Crippen LogP contribution in [0.4, 0.5) is 0 Å². The maximum Gasteiger partial charge on any atom is 0.242 e. The molecule has 0 spiro atoms. The molecule has 0 aliphatic carbocycles. The molecule has 0 bridgehead atoms. The molecule has 3 nitrogen and oxygen atoms in total. The van der Waals surface area contributed by atoms with Crippen LogP contribution in [0.2, 0.25) is 0 Å². The number of nitrogens with zero attached hydrogens (tertiary/aromatic N) is 1. The van der Waals surface area contributed by atoms with Crippen LogP contribution in [0.25, 0.3) is 0 Å². The van der Waals surface area contributed by atoms with Gasteiger partial charge in [-0.25, -0.2) is 12.7 Å². The first-order valence-corrected chi connectivity index (χ1v) is 7.62. The van der Waals surface area contributed by atoms with Crippen molar-refractivity contribution in [2.45, 2.75) is 4.90 Å². The van der Waals surface area contributed by atoms with Crippen molar-refractivity contribution in [3.05, 3.63) is 28.7 Å². The Hall–Kier alpha value is 0.0900. The van der Waals surface area contributed by atoms with Crippen molar-refractivity contribution in [3.8, 4) is 0 Å². The third-order valence-electron chi connectivity index (χ3n) is 1.92. The quantitative estimate of drug-likeness (QED) is 0.777. The van der Waals surface area contributed by atoms with E-state index in [0.717, 1.165) is 4.47 Å². The molecule has 0 atom stereocenters. The van der Waals surface area contributed by atoms with Crippen molar-refractivity contribution in [3.63, 3.8) is 0 Å². The smallest absolute Gasteiger partial charge is 0.207 e. The van der Waals surface area contributed by atoms with Crippen LogP contribution in [0, 0.1) is 0 Å². The fourth-order valence-corrected chi connectivity index (χ4v) is 3.23. The van der Waals surface area contributed by atoms with Crippen LogP contribution in [0.15, 0.2) is 33.6 Å². The summed E-state index contributed by atoms with van der Waals surface area (Å²) in [7, 11) is -1.77. The molecule has 1 rings (SSSR count). The van der Waals surface area contributed by atoms with Gasteiger partial charge in [-0.3, -0.25) is 0 Å². The largest absolute Gasteiger partial charge is 0.242 e. The second kappa shape index (κ2) is 5.43. The molecule has 0 aliphatic heterocycles. The highest BCUT2D eigenvalue weighted by Gasteiger charge is 2.19. The molecule has 0 saturated heterocycles. The van der Waals surface area contributed by atoms with Gasteiger partial charge in [0, 0.05) is 23.4 Å². The molecular weight excluding hydrogens is 346 g/mol. The zero-order chi connectivity index (χ0) is 11.5. The highest BCUT2D eigenvalue weighted by Crippen LogP contribution is 2.17. The normalized spacial score (nSPS) is 12.0. The minimum atomic E-state index is -3.34. The standard InChI is InChI=1S/C9H11Br2NO2S/c1-12(7-6-10)15(13,14)9-4-2-8(11)3-5-9/h2-5H,6-7H2,1H3. The van der Waals surface area contributed by atoms with Gasteiger partial charge in [-0.1, -0.05) is 31.9 Å². The Morgan fingerprint density at radius 1 is 1.27 bits per heavy atom. The van der Waals surface area contributed by atoms with Gasteiger partial charge in [-0.05, 0) is 24.3 Å². The SMILES string of the molecule is CN(CCBr)S(=O)(=O)c1ccc(Br)cc1. The summed E-state index contributed by atoms with van der Waals surface area (Å²) < 4.78 is 26.0. The molecule has 6 heteroatoms. The Kier molecular flexibility index (Phi) is 4.76. The average Bonchev–Trinajstić information content (AvgIpc) is 2.18. The van der Waals surface area contributed by atoms with Gasteiger partial charge in [0.2, 0.25) is 10.0 Å². The number of benzene rings is 1. The predicted molar refractivity (Wildman–Crippen MR) is 67.8 cm³/mol. The lowest BCUT2D eigenvalue weighted by atomic mass is 10.4. The number of hydrogen-bond donors (Lipinski definition) is 0. The van der Waals surface area contributed by atoms with Gasteiger partial charge >= 0.3 is 0 Å². The molecule has 0 radical (unpaired) electrons. The fourth-order valence-electron chi connectivity index (χ4n) is 1.03. The van der Waals surface area contributed by atoms with Gasteiger partial charge in [0.15, 0.2) is 0 Å². The number of halogens is 2. The second-order valence-electron chi connectivity index (χ2n) is 2.97. The average molecular weight is 357 g/mol. The molecule has 0 aromatic heterocycles. The van der Waals surface area contributed by atoms with E-state index in [2.05, 4.69) is 31.9 Å². The molecule has 0 N–H and O–H groups in total. The maximum absolute atomic E-state index is 11.9. The van der Waals surface area contributed by atoms with Crippen LogP contribution in [0.3, 0.4) is 0 Å². The molecule has 0 amide bonds. The summed E-state index contributed by atoms with van der Waals surface area (Å²) in [5.74, 6) is 0. The predicted octanol–water partition coefficient (Wildman–Crippen LogP) is 2.46. The van der Waals surface area contributed by atoms with E-state index in [1.165, 1.54) is 4.31 Å². The number of hydrogen-bond acceptors (Lipinski definition) is 2. The van der Waals surface area contributed by atoms with Crippen molar-refractivity contribution >= 4 is 41.9 Å². The van der Waals surface area contributed by atoms with Crippen LogP contribution in [0.5, 0.6) is 0 Å². The van der Waals surface area contributed by atoms with E-state index in [-0.39, 0.29) is 0 Å². The highest BCUT2D eigenvalue weighted by atomic mass is 79.9. The van der Waals surface area contributed by atoms with Gasteiger partial charge in [0.25, 0.3) is 0 Å². The topological polar surface area (TPSA) is 37.4 Å². The van der Waals surface area contributed by atoms with E-state index in [1.807, 2.05) is 0 Å². The Balaban J connectivity index is 3.01. The van der Waals surface area contributed by atoms with E-state index >= 15 is 0 Å². The summed E-state index contributed by atoms with van der Waals surface area (Å²) >= 11 is 6.48. The lowest BCUT2D eigenvalue weighted by Gasteiger charge is -2.15. The first-order valence-electron chi connectivity index (χ1n) is 4.26. The van der Waals surface area contributed by atoms with Crippen molar-refractivity contribution in [2.75, 3.05) is 18.9 Å². The minimum absolute atomic E-state index is 0.314. The minimum Gasteiger partial charge on any atom is -0.207 e. The van der Waals surface area contributed by atoms with Crippen molar-refractivity contribution in [2.24, 2.45) is 0 Å². The van der Waals surface area contributed by atoms with E-state index in [1.54, 1.807) is 31.3 Å². The Bertz CT molecular complexity index is 416. The molecule has 0 unspecified atom stereocenters. The first-order chi connectivity index (χ1) is 6.98. The molecule has 0 aliphatic rings. The van der Waals surface area contributed by atoms with Crippen LogP contribution in [0.1, 0.15) is 0 Å². The van der Waals surface area contributed by atoms with Crippen LogP contribution >= 0.6 is 31.9 Å². The summed E-state index contributed by atoms with van der Waals surface area (Å²) in [6.45, 7) is 0.457. The fraction of sp³-hybridized carbons (Fsp3) is 0.333. The van der Waals surface area contributed by atoms with Gasteiger partial charge in [0.05, 0.1) is 4.90 Å². The number of sulfonamides is 1. The third-order valence-corrected chi connectivity index (χ3v) is 4.68. The van der Waals surface area contributed by atoms with Gasteiger partial charge in [-0.2, -0.15) is 0 Å². The lowest BCUT2D eigenvalue weighted by molar-refractivity contribution is 0.489. The molecule has 1 aromatic rings. The van der Waals surface area contributed by atoms with Crippen molar-refractivity contribution in [1.82, 2.24) is 4.31 Å². The summed E-state index contributed by atoms with van der Waals surface area (Å²) in [5.41, 5.74) is 0. The molecule has 1 aromatic carbocycles. The van der Waals surface area contributed by atoms with E-state index in [4.69, 9.17) is 0 Å². The van der Waals surface area contributed by atoms with E-state index in [9.17, 15) is 8.42 Å². The molecule has 0 heterocycles. The monoisotopic (exact) mass is 355 g/mol. The zero-order valence-electron chi connectivity index (χ0n) is 8.15. The molecule has 0 fully saturated rings. The van der Waals surface area contributed by atoms with Gasteiger partial charge in [-0.15, -0.1) is 0 Å². The lowest BCUT2D eigenvalue weighted by Crippen LogP contribution is -2.28. The molecule has 84 valence electrons. The summed E-state index contributed by atoms with van der Waals surface area (Å²) in [6.07, 6.45) is 0. The number of rotatable bonds is 4. The summed E-state index contributed by atoms with van der Waals surface area (Å²) in [4.78, 5) is 0.314. The van der Waals surface area contributed by atoms with Crippen LogP contribution < -0.4 is 0 Å². The van der Waals surface area contributed by atoms with E-state index in [0.29, 0.717) is 16.8 Å². The number of alkyl halides is 1. The van der Waals surface area contributed by atoms with Crippen LogP contribution in [-0.2, 0) is 10.0 Å². The zero-order valence-corrected chi connectivity index (χ0v) is 12.1. The summed E-state index contributed by atoms with van der Waals surface area (Å²) in [5, 5.41) is 0.624. The highest BCUT2D eigenvalue weighted by molar-refractivity contribution is 9.10. The van der Waals surface area contributed by atoms with Crippen molar-refractivity contribution < 1.29 is 8.42 Å². The Morgan fingerprint density at radius 2 is 1.80 bits per heavy atom. The van der Waals surface area contributed by atoms with Gasteiger partial charge in [0.1, 0.15) is 0 Å². The third kappa shape index (κ3) is 3.27. The second-order valence-corrected chi connectivity index (χ2v) is 6.72. The van der Waals surface area contributed by atoms with Gasteiger partial charge < -0.3 is 0 Å². The molecule has 0 saturated carbocycles. The first kappa shape index (κ1) is 13.2.